The van der Waals surface area contributed by atoms with Crippen LogP contribution in [-0.2, 0) is 0 Å². The Bertz CT molecular complexity index is 2520. The van der Waals surface area contributed by atoms with Gasteiger partial charge in [0.25, 0.3) is 0 Å². The molecule has 0 amide bonds. The number of carbonyl (C=O) groups is 3. The molecule has 0 saturated carbocycles. The topological polar surface area (TPSA) is 134 Å². The highest BCUT2D eigenvalue weighted by molar-refractivity contribution is 5.92. The largest absolute Gasteiger partial charge is 0.494 e. The molecular weight excluding hydrogens is 949 g/mol. The fourth-order valence-electron chi connectivity index (χ4n) is 7.68. The minimum absolute atomic E-state index is 0.425. The Morgan fingerprint density at radius 1 is 0.240 bits per heavy atom. The standard InChI is InChI=1S/C63H74O12/c1-3-5-7-13-43-67-52-25-19-49(20-26-52)61(64)74-59-39-33-56(34-40-59)71-47-17-11-10-16-46-69-54-29-23-51(24-30-54)63(66)75-60-41-35-57(36-42-60)72-48-18-12-9-15-45-68-53-27-21-50(22-28-53)62(65)73-58-37-31-55(32-38-58)70-44-14-8-6-4-2/h19-42H,3-18,43-48H2,1-2H3. The zero-order valence-corrected chi connectivity index (χ0v) is 43.8. The first-order chi connectivity index (χ1) is 36.8. The Kier molecular flexibility index (Phi) is 25.3. The average molecular weight is 1020 g/mol. The maximum absolute atomic E-state index is 12.8. The number of ether oxygens (including phenoxy) is 9. The highest BCUT2D eigenvalue weighted by Gasteiger charge is 2.13. The molecule has 398 valence electrons. The van der Waals surface area contributed by atoms with E-state index >= 15 is 0 Å². The molecule has 75 heavy (non-hydrogen) atoms. The van der Waals surface area contributed by atoms with Crippen molar-refractivity contribution >= 4 is 17.9 Å². The highest BCUT2D eigenvalue weighted by atomic mass is 16.5. The number of benzene rings is 6. The van der Waals surface area contributed by atoms with Crippen molar-refractivity contribution in [2.75, 3.05) is 39.6 Å². The van der Waals surface area contributed by atoms with Crippen LogP contribution in [0.2, 0.25) is 0 Å². The van der Waals surface area contributed by atoms with Crippen molar-refractivity contribution in [3.63, 3.8) is 0 Å². The van der Waals surface area contributed by atoms with E-state index in [9.17, 15) is 14.4 Å². The van der Waals surface area contributed by atoms with Crippen LogP contribution in [0, 0.1) is 0 Å². The molecular formula is C63H74O12. The van der Waals surface area contributed by atoms with Crippen LogP contribution < -0.4 is 42.6 Å². The third-order valence-electron chi connectivity index (χ3n) is 12.1. The molecule has 0 aliphatic carbocycles. The number of carbonyl (C=O) groups excluding carboxylic acids is 3. The molecule has 0 aliphatic rings. The van der Waals surface area contributed by atoms with E-state index in [1.807, 2.05) is 12.1 Å². The third-order valence-corrected chi connectivity index (χ3v) is 12.1. The minimum Gasteiger partial charge on any atom is -0.494 e. The summed E-state index contributed by atoms with van der Waals surface area (Å²) in [4.78, 5) is 38.1. The molecule has 12 nitrogen and oxygen atoms in total. The van der Waals surface area contributed by atoms with E-state index in [-0.39, 0.29) is 0 Å². The number of hydrogen-bond acceptors (Lipinski definition) is 12. The van der Waals surface area contributed by atoms with Gasteiger partial charge in [-0.05, 0) is 210 Å². The van der Waals surface area contributed by atoms with E-state index in [4.69, 9.17) is 42.6 Å². The van der Waals surface area contributed by atoms with Gasteiger partial charge in [0.2, 0.25) is 0 Å². The van der Waals surface area contributed by atoms with Gasteiger partial charge in [0, 0.05) is 0 Å². The summed E-state index contributed by atoms with van der Waals surface area (Å²) < 4.78 is 51.8. The second-order valence-electron chi connectivity index (χ2n) is 18.2. The number of rotatable bonds is 36. The maximum atomic E-state index is 12.8. The van der Waals surface area contributed by atoms with E-state index in [0.29, 0.717) is 96.6 Å². The lowest BCUT2D eigenvalue weighted by molar-refractivity contribution is 0.0725. The number of unbranched alkanes of at least 4 members (excludes halogenated alkanes) is 12. The molecule has 0 aromatic heterocycles. The van der Waals surface area contributed by atoms with Gasteiger partial charge < -0.3 is 42.6 Å². The molecule has 6 rings (SSSR count). The molecule has 6 aromatic carbocycles. The van der Waals surface area contributed by atoms with E-state index in [0.717, 1.165) is 88.5 Å². The summed E-state index contributed by atoms with van der Waals surface area (Å²) in [5, 5.41) is 0. The summed E-state index contributed by atoms with van der Waals surface area (Å²) in [7, 11) is 0. The SMILES string of the molecule is CCCCCCOc1ccc(OC(=O)c2ccc(OCCCCCCOc3ccc(OC(=O)c4ccc(OCCCCCCOc5ccc(OC(=O)c6ccc(OCCCCCC)cc6)cc5)cc4)cc3)cc2)cc1. The molecule has 0 bridgehead atoms. The van der Waals surface area contributed by atoms with Crippen LogP contribution >= 0.6 is 0 Å². The van der Waals surface area contributed by atoms with Crippen LogP contribution in [0.5, 0.6) is 51.7 Å². The fourth-order valence-corrected chi connectivity index (χ4v) is 7.68. The normalized spacial score (nSPS) is 10.8. The van der Waals surface area contributed by atoms with Crippen molar-refractivity contribution in [3.05, 3.63) is 162 Å². The van der Waals surface area contributed by atoms with Gasteiger partial charge in [-0.1, -0.05) is 52.4 Å². The molecule has 0 aliphatic heterocycles. The lowest BCUT2D eigenvalue weighted by Gasteiger charge is -2.10. The van der Waals surface area contributed by atoms with Crippen LogP contribution in [-0.4, -0.2) is 57.5 Å². The van der Waals surface area contributed by atoms with E-state index < -0.39 is 17.9 Å². The first-order valence-electron chi connectivity index (χ1n) is 26.9. The van der Waals surface area contributed by atoms with Gasteiger partial charge in [0.05, 0.1) is 56.3 Å². The Balaban J connectivity index is 0.742. The van der Waals surface area contributed by atoms with Crippen molar-refractivity contribution in [1.29, 1.82) is 0 Å². The molecule has 0 unspecified atom stereocenters. The number of hydrogen-bond donors (Lipinski definition) is 0. The first-order valence-corrected chi connectivity index (χ1v) is 26.9. The summed E-state index contributed by atoms with van der Waals surface area (Å²) in [5.41, 5.74) is 1.34. The fraction of sp³-hybridized carbons (Fsp3) is 0.381. The van der Waals surface area contributed by atoms with Crippen LogP contribution in [0.1, 0.15) is 148 Å². The smallest absolute Gasteiger partial charge is 0.343 e. The lowest BCUT2D eigenvalue weighted by atomic mass is 10.2. The zero-order chi connectivity index (χ0) is 52.6. The molecule has 12 heteroatoms. The Hall–Kier alpha value is -7.47. The van der Waals surface area contributed by atoms with Gasteiger partial charge in [-0.3, -0.25) is 0 Å². The highest BCUT2D eigenvalue weighted by Crippen LogP contribution is 2.24. The van der Waals surface area contributed by atoms with Crippen molar-refractivity contribution in [3.8, 4) is 51.7 Å². The molecule has 6 aromatic rings. The number of esters is 3. The molecule has 0 saturated heterocycles. The lowest BCUT2D eigenvalue weighted by Crippen LogP contribution is -2.08. The Morgan fingerprint density at radius 3 is 0.613 bits per heavy atom. The predicted octanol–water partition coefficient (Wildman–Crippen LogP) is 15.3. The second-order valence-corrected chi connectivity index (χ2v) is 18.2. The van der Waals surface area contributed by atoms with Crippen LogP contribution in [0.4, 0.5) is 0 Å². The maximum Gasteiger partial charge on any atom is 0.343 e. The summed E-state index contributed by atoms with van der Waals surface area (Å²) in [5.74, 6) is 4.37. The van der Waals surface area contributed by atoms with E-state index in [2.05, 4.69) is 13.8 Å². The van der Waals surface area contributed by atoms with Gasteiger partial charge in [-0.2, -0.15) is 0 Å². The average Bonchev–Trinajstić information content (AvgIpc) is 3.44. The van der Waals surface area contributed by atoms with Crippen molar-refractivity contribution in [2.45, 2.75) is 117 Å². The first kappa shape index (κ1) is 56.8. The van der Waals surface area contributed by atoms with Gasteiger partial charge in [0.15, 0.2) is 0 Å². The summed E-state index contributed by atoms with van der Waals surface area (Å²) in [6.45, 7) is 8.02. The summed E-state index contributed by atoms with van der Waals surface area (Å²) >= 11 is 0. The monoisotopic (exact) mass is 1020 g/mol. The second kappa shape index (κ2) is 33.4. The van der Waals surface area contributed by atoms with Crippen molar-refractivity contribution < 1.29 is 57.0 Å². The predicted molar refractivity (Wildman–Crippen MR) is 292 cm³/mol. The third kappa shape index (κ3) is 21.9. The minimum atomic E-state index is -0.453. The van der Waals surface area contributed by atoms with E-state index in [1.165, 1.54) is 25.7 Å². The molecule has 0 atom stereocenters. The Morgan fingerprint density at radius 2 is 0.413 bits per heavy atom. The Labute approximate surface area is 443 Å². The quantitative estimate of drug-likeness (QED) is 0.0211. The van der Waals surface area contributed by atoms with Crippen LogP contribution in [0.3, 0.4) is 0 Å². The van der Waals surface area contributed by atoms with Gasteiger partial charge in [-0.25, -0.2) is 14.4 Å². The van der Waals surface area contributed by atoms with Gasteiger partial charge in [0.1, 0.15) is 51.7 Å². The molecule has 0 N–H and O–H groups in total. The van der Waals surface area contributed by atoms with Crippen LogP contribution in [0.25, 0.3) is 0 Å². The van der Waals surface area contributed by atoms with Crippen molar-refractivity contribution in [1.82, 2.24) is 0 Å². The molecule has 0 radical (unpaired) electrons. The zero-order valence-electron chi connectivity index (χ0n) is 43.8. The van der Waals surface area contributed by atoms with E-state index in [1.54, 1.807) is 133 Å². The molecule has 0 spiro atoms. The van der Waals surface area contributed by atoms with Crippen LogP contribution in [0.15, 0.2) is 146 Å². The van der Waals surface area contributed by atoms with Gasteiger partial charge in [-0.15, -0.1) is 0 Å². The van der Waals surface area contributed by atoms with Gasteiger partial charge >= 0.3 is 17.9 Å². The van der Waals surface area contributed by atoms with Crippen molar-refractivity contribution in [2.24, 2.45) is 0 Å². The molecule has 0 fully saturated rings. The molecule has 0 heterocycles. The summed E-state index contributed by atoms with van der Waals surface area (Å²) in [6, 6.07) is 42.2. The summed E-state index contributed by atoms with van der Waals surface area (Å²) in [6.07, 6.45) is 16.7.